The summed E-state index contributed by atoms with van der Waals surface area (Å²) in [5.74, 6) is 0.759. The van der Waals surface area contributed by atoms with E-state index in [2.05, 4.69) is 18.7 Å². The van der Waals surface area contributed by atoms with Crippen molar-refractivity contribution in [3.05, 3.63) is 24.2 Å². The van der Waals surface area contributed by atoms with Crippen molar-refractivity contribution in [1.82, 2.24) is 4.90 Å². The summed E-state index contributed by atoms with van der Waals surface area (Å²) < 4.78 is 5.17. The minimum atomic E-state index is 0.316. The van der Waals surface area contributed by atoms with Crippen LogP contribution in [0.15, 0.2) is 23.0 Å². The molecule has 90 valence electrons. The number of likely N-dealkylation sites (tertiary alicyclic amines) is 1. The summed E-state index contributed by atoms with van der Waals surface area (Å²) in [6.45, 7) is 6.46. The van der Waals surface area contributed by atoms with Crippen LogP contribution in [0.25, 0.3) is 0 Å². The maximum atomic E-state index is 5.92. The normalized spacial score (nSPS) is 29.2. The molecular weight excluding hydrogens is 200 g/mol. The first kappa shape index (κ1) is 11.7. The van der Waals surface area contributed by atoms with Crippen molar-refractivity contribution in [3.8, 4) is 0 Å². The number of nitrogens with zero attached hydrogens (tertiary/aromatic N) is 1. The van der Waals surface area contributed by atoms with E-state index in [1.54, 1.807) is 6.26 Å². The third-order valence-electron chi connectivity index (χ3n) is 3.97. The molecule has 1 aromatic rings. The van der Waals surface area contributed by atoms with Crippen LogP contribution in [0.5, 0.6) is 0 Å². The van der Waals surface area contributed by atoms with Crippen LogP contribution in [-0.2, 0) is 0 Å². The van der Waals surface area contributed by atoms with Gasteiger partial charge in [0, 0.05) is 18.2 Å². The summed E-state index contributed by atoms with van der Waals surface area (Å²) in [6, 6.07) is 2.96. The van der Waals surface area contributed by atoms with Crippen LogP contribution in [0.3, 0.4) is 0 Å². The Hall–Kier alpha value is -0.800. The molecule has 16 heavy (non-hydrogen) atoms. The van der Waals surface area contributed by atoms with E-state index in [9.17, 15) is 0 Å². The number of piperidine rings is 1. The topological polar surface area (TPSA) is 42.4 Å². The third-order valence-corrected chi connectivity index (χ3v) is 3.97. The molecular formula is C13H22N2O. The van der Waals surface area contributed by atoms with E-state index in [-0.39, 0.29) is 0 Å². The fourth-order valence-electron chi connectivity index (χ4n) is 2.73. The van der Waals surface area contributed by atoms with Gasteiger partial charge < -0.3 is 10.2 Å². The highest BCUT2D eigenvalue weighted by Gasteiger charge is 2.30. The van der Waals surface area contributed by atoms with E-state index in [0.717, 1.165) is 12.5 Å². The minimum Gasteiger partial charge on any atom is -0.472 e. The van der Waals surface area contributed by atoms with Crippen molar-refractivity contribution in [2.45, 2.75) is 38.8 Å². The predicted molar refractivity (Wildman–Crippen MR) is 65.1 cm³/mol. The molecule has 3 unspecified atom stereocenters. The highest BCUT2D eigenvalue weighted by molar-refractivity contribution is 5.13. The molecule has 2 heterocycles. The molecule has 0 radical (unpaired) electrons. The van der Waals surface area contributed by atoms with Gasteiger partial charge in [-0.1, -0.05) is 6.92 Å². The van der Waals surface area contributed by atoms with E-state index in [0.29, 0.717) is 18.6 Å². The van der Waals surface area contributed by atoms with Crippen molar-refractivity contribution >= 4 is 0 Å². The van der Waals surface area contributed by atoms with Crippen molar-refractivity contribution in [1.29, 1.82) is 0 Å². The van der Waals surface area contributed by atoms with Crippen molar-refractivity contribution in [3.63, 3.8) is 0 Å². The smallest absolute Gasteiger partial charge is 0.0950 e. The van der Waals surface area contributed by atoms with Crippen LogP contribution < -0.4 is 5.73 Å². The van der Waals surface area contributed by atoms with Gasteiger partial charge in [-0.15, -0.1) is 0 Å². The molecule has 3 atom stereocenters. The molecule has 2 N–H and O–H groups in total. The van der Waals surface area contributed by atoms with Gasteiger partial charge in [0.1, 0.15) is 0 Å². The summed E-state index contributed by atoms with van der Waals surface area (Å²) in [5.41, 5.74) is 7.13. The Bertz CT molecular complexity index is 310. The predicted octanol–water partition coefficient (Wildman–Crippen LogP) is 2.40. The number of nitrogens with two attached hydrogens (primary N) is 1. The summed E-state index contributed by atoms with van der Waals surface area (Å²) in [6.07, 6.45) is 6.17. The van der Waals surface area contributed by atoms with Gasteiger partial charge >= 0.3 is 0 Å². The Morgan fingerprint density at radius 2 is 2.38 bits per heavy atom. The first-order chi connectivity index (χ1) is 7.74. The van der Waals surface area contributed by atoms with E-state index >= 15 is 0 Å². The summed E-state index contributed by atoms with van der Waals surface area (Å²) in [5, 5.41) is 0. The van der Waals surface area contributed by atoms with Gasteiger partial charge in [0.05, 0.1) is 18.6 Å². The van der Waals surface area contributed by atoms with E-state index in [1.807, 2.05) is 12.3 Å². The zero-order valence-electron chi connectivity index (χ0n) is 10.2. The molecule has 3 heteroatoms. The third kappa shape index (κ3) is 2.15. The molecule has 1 aromatic heterocycles. The molecule has 1 aliphatic rings. The first-order valence-electron chi connectivity index (χ1n) is 6.22. The summed E-state index contributed by atoms with van der Waals surface area (Å²) in [4.78, 5) is 2.53. The first-order valence-corrected chi connectivity index (χ1v) is 6.22. The largest absolute Gasteiger partial charge is 0.472 e. The van der Waals surface area contributed by atoms with Crippen molar-refractivity contribution in [2.75, 3.05) is 13.1 Å². The van der Waals surface area contributed by atoms with Gasteiger partial charge in [0.2, 0.25) is 0 Å². The second-order valence-electron chi connectivity index (χ2n) is 4.91. The number of hydrogen-bond acceptors (Lipinski definition) is 3. The molecule has 2 rings (SSSR count). The fourth-order valence-corrected chi connectivity index (χ4v) is 2.73. The molecule has 3 nitrogen and oxygen atoms in total. The lowest BCUT2D eigenvalue weighted by molar-refractivity contribution is 0.0707. The molecule has 0 saturated carbocycles. The molecule has 0 bridgehead atoms. The molecule has 1 fully saturated rings. The highest BCUT2D eigenvalue weighted by atomic mass is 16.3. The van der Waals surface area contributed by atoms with Gasteiger partial charge in [-0.25, -0.2) is 0 Å². The van der Waals surface area contributed by atoms with Crippen molar-refractivity contribution in [2.24, 2.45) is 11.7 Å². The zero-order valence-corrected chi connectivity index (χ0v) is 10.2. The average Bonchev–Trinajstić information content (AvgIpc) is 2.79. The lowest BCUT2D eigenvalue weighted by atomic mass is 9.90. The quantitative estimate of drug-likeness (QED) is 0.854. The standard InChI is InChI=1S/C13H22N2O/c1-10-4-3-6-15(11(10)2)13(8-14)12-5-7-16-9-12/h5,7,9-11,13H,3-4,6,8,14H2,1-2H3. The minimum absolute atomic E-state index is 0.316. The maximum Gasteiger partial charge on any atom is 0.0950 e. The van der Waals surface area contributed by atoms with Gasteiger partial charge in [-0.05, 0) is 38.3 Å². The molecule has 1 aliphatic heterocycles. The molecule has 0 amide bonds. The van der Waals surface area contributed by atoms with Crippen LogP contribution in [0.1, 0.15) is 38.3 Å². The zero-order chi connectivity index (χ0) is 11.5. The second-order valence-corrected chi connectivity index (χ2v) is 4.91. The van der Waals surface area contributed by atoms with Crippen LogP contribution in [0, 0.1) is 5.92 Å². The molecule has 0 aromatic carbocycles. The van der Waals surface area contributed by atoms with Crippen LogP contribution in [0.2, 0.25) is 0 Å². The number of rotatable bonds is 3. The second kappa shape index (κ2) is 5.02. The lowest BCUT2D eigenvalue weighted by Crippen LogP contribution is -2.46. The van der Waals surface area contributed by atoms with Crippen LogP contribution in [-0.4, -0.2) is 24.0 Å². The number of hydrogen-bond donors (Lipinski definition) is 1. The Morgan fingerprint density at radius 3 is 3.00 bits per heavy atom. The van der Waals surface area contributed by atoms with Crippen LogP contribution in [0.4, 0.5) is 0 Å². The maximum absolute atomic E-state index is 5.92. The monoisotopic (exact) mass is 222 g/mol. The Labute approximate surface area is 97.6 Å². The summed E-state index contributed by atoms with van der Waals surface area (Å²) in [7, 11) is 0. The van der Waals surface area contributed by atoms with Gasteiger partial charge in [-0.2, -0.15) is 0 Å². The average molecular weight is 222 g/mol. The van der Waals surface area contributed by atoms with E-state index in [4.69, 9.17) is 10.2 Å². The summed E-state index contributed by atoms with van der Waals surface area (Å²) >= 11 is 0. The van der Waals surface area contributed by atoms with Gasteiger partial charge in [0.25, 0.3) is 0 Å². The number of furan rings is 1. The van der Waals surface area contributed by atoms with E-state index in [1.165, 1.54) is 18.4 Å². The fraction of sp³-hybridized carbons (Fsp3) is 0.692. The molecule has 0 spiro atoms. The van der Waals surface area contributed by atoms with Gasteiger partial charge in [0.15, 0.2) is 0 Å². The molecule has 0 aliphatic carbocycles. The SMILES string of the molecule is CC1CCCN(C(CN)c2ccoc2)C1C. The van der Waals surface area contributed by atoms with Crippen molar-refractivity contribution < 1.29 is 4.42 Å². The Balaban J connectivity index is 2.14. The lowest BCUT2D eigenvalue weighted by Gasteiger charge is -2.42. The van der Waals surface area contributed by atoms with Gasteiger partial charge in [-0.3, -0.25) is 4.90 Å². The highest BCUT2D eigenvalue weighted by Crippen LogP contribution is 2.30. The van der Waals surface area contributed by atoms with Crippen LogP contribution >= 0.6 is 0 Å². The molecule has 1 saturated heterocycles. The van der Waals surface area contributed by atoms with E-state index < -0.39 is 0 Å². The Morgan fingerprint density at radius 1 is 1.56 bits per heavy atom. The Kier molecular flexibility index (Phi) is 3.66.